The van der Waals surface area contributed by atoms with Gasteiger partial charge in [-0.05, 0) is 70.4 Å². The molecule has 35 heavy (non-hydrogen) atoms. The minimum Gasteiger partial charge on any atom is -0.389 e. The van der Waals surface area contributed by atoms with E-state index in [1.807, 2.05) is 24.8 Å². The summed E-state index contributed by atoms with van der Waals surface area (Å²) in [6.45, 7) is 11.3. The molecule has 0 unspecified atom stereocenters. The maximum atomic E-state index is 13.5. The Kier molecular flexibility index (Phi) is 7.20. The van der Waals surface area contributed by atoms with Crippen molar-refractivity contribution in [3.8, 4) is 10.4 Å². The van der Waals surface area contributed by atoms with Crippen molar-refractivity contribution in [1.29, 1.82) is 0 Å². The van der Waals surface area contributed by atoms with Crippen LogP contribution in [0.15, 0.2) is 12.3 Å². The lowest BCUT2D eigenvalue weighted by molar-refractivity contribution is 0.0692. The molecule has 1 saturated heterocycles. The number of thiazole rings is 1. The number of amides is 2. The molecule has 9 heteroatoms. The van der Waals surface area contributed by atoms with Crippen LogP contribution >= 0.6 is 11.3 Å². The normalized spacial score (nSPS) is 19.4. The van der Waals surface area contributed by atoms with Crippen molar-refractivity contribution in [2.75, 3.05) is 25.0 Å². The molecule has 8 nitrogen and oxygen atoms in total. The van der Waals surface area contributed by atoms with E-state index in [0.29, 0.717) is 22.5 Å². The fourth-order valence-corrected chi connectivity index (χ4v) is 5.69. The standard InChI is InChI=1S/C26H37N5O3S/c1-16-12-19(28-15-26(5)9-7-10-26)27-13-18(16)21-20(24(33)31-11-6-8-17(31)2)30-23(35-21)22(32)29-14-25(3,4)34/h12-13,17,34H,6-11,14-15H2,1-5H3,(H,27,28)(H,29,32)/t17-/m0/s1. The van der Waals surface area contributed by atoms with Gasteiger partial charge in [0.25, 0.3) is 11.8 Å². The molecule has 0 spiro atoms. The van der Waals surface area contributed by atoms with Crippen LogP contribution in [0.5, 0.6) is 0 Å². The number of aromatic nitrogens is 2. The van der Waals surface area contributed by atoms with Crippen LogP contribution in [0.3, 0.4) is 0 Å². The lowest BCUT2D eigenvalue weighted by Gasteiger charge is -2.38. The van der Waals surface area contributed by atoms with Crippen molar-refractivity contribution in [2.45, 2.75) is 78.4 Å². The number of anilines is 1. The lowest BCUT2D eigenvalue weighted by Crippen LogP contribution is -2.38. The lowest BCUT2D eigenvalue weighted by atomic mass is 9.70. The molecule has 4 rings (SSSR count). The zero-order valence-electron chi connectivity index (χ0n) is 21.4. The summed E-state index contributed by atoms with van der Waals surface area (Å²) in [5.41, 5.74) is 1.36. The average molecular weight is 500 g/mol. The Bertz CT molecular complexity index is 1100. The predicted octanol–water partition coefficient (Wildman–Crippen LogP) is 4.24. The Labute approximate surface area is 211 Å². The predicted molar refractivity (Wildman–Crippen MR) is 139 cm³/mol. The number of aryl methyl sites for hydroxylation is 1. The van der Waals surface area contributed by atoms with Gasteiger partial charge < -0.3 is 20.6 Å². The molecule has 1 saturated carbocycles. The van der Waals surface area contributed by atoms with Crippen molar-refractivity contribution < 1.29 is 14.7 Å². The van der Waals surface area contributed by atoms with Crippen LogP contribution in [-0.2, 0) is 0 Å². The number of pyridine rings is 1. The van der Waals surface area contributed by atoms with Crippen LogP contribution in [0.1, 0.15) is 85.7 Å². The summed E-state index contributed by atoms with van der Waals surface area (Å²) >= 11 is 1.20. The van der Waals surface area contributed by atoms with Gasteiger partial charge in [-0.1, -0.05) is 13.3 Å². The largest absolute Gasteiger partial charge is 0.389 e. The van der Waals surface area contributed by atoms with E-state index in [4.69, 9.17) is 0 Å². The average Bonchev–Trinajstić information content (AvgIpc) is 3.40. The van der Waals surface area contributed by atoms with E-state index in [-0.39, 0.29) is 23.5 Å². The van der Waals surface area contributed by atoms with Gasteiger partial charge in [-0.2, -0.15) is 0 Å². The van der Waals surface area contributed by atoms with Crippen molar-refractivity contribution in [2.24, 2.45) is 5.41 Å². The first-order chi connectivity index (χ1) is 16.5. The monoisotopic (exact) mass is 499 g/mol. The van der Waals surface area contributed by atoms with Gasteiger partial charge in [0, 0.05) is 37.4 Å². The molecule has 2 amide bonds. The second-order valence-electron chi connectivity index (χ2n) is 11.1. The number of hydrogen-bond acceptors (Lipinski definition) is 7. The van der Waals surface area contributed by atoms with Crippen molar-refractivity contribution in [1.82, 2.24) is 20.2 Å². The molecule has 3 N–H and O–H groups in total. The minimum absolute atomic E-state index is 0.0903. The summed E-state index contributed by atoms with van der Waals surface area (Å²) in [5, 5.41) is 16.4. The highest BCUT2D eigenvalue weighted by atomic mass is 32.1. The van der Waals surface area contributed by atoms with E-state index in [1.54, 1.807) is 20.0 Å². The van der Waals surface area contributed by atoms with Crippen molar-refractivity contribution >= 4 is 29.0 Å². The number of carbonyl (C=O) groups is 2. The summed E-state index contributed by atoms with van der Waals surface area (Å²) in [6.07, 6.45) is 7.45. The Morgan fingerprint density at radius 3 is 2.63 bits per heavy atom. The molecule has 3 heterocycles. The molecule has 0 bridgehead atoms. The van der Waals surface area contributed by atoms with E-state index >= 15 is 0 Å². The Morgan fingerprint density at radius 1 is 1.31 bits per heavy atom. The molecule has 1 atom stereocenters. The summed E-state index contributed by atoms with van der Waals surface area (Å²) < 4.78 is 0. The topological polar surface area (TPSA) is 107 Å². The van der Waals surface area contributed by atoms with E-state index < -0.39 is 11.5 Å². The first-order valence-corrected chi connectivity index (χ1v) is 13.3. The molecule has 2 aliphatic rings. The number of hydrogen-bond donors (Lipinski definition) is 3. The van der Waals surface area contributed by atoms with Gasteiger partial charge in [0.1, 0.15) is 11.5 Å². The van der Waals surface area contributed by atoms with Gasteiger partial charge >= 0.3 is 0 Å². The molecule has 0 aromatic carbocycles. The summed E-state index contributed by atoms with van der Waals surface area (Å²) in [6, 6.07) is 2.14. The van der Waals surface area contributed by atoms with Gasteiger partial charge in [-0.25, -0.2) is 9.97 Å². The zero-order valence-corrected chi connectivity index (χ0v) is 22.2. The quantitative estimate of drug-likeness (QED) is 0.501. The molecule has 0 radical (unpaired) electrons. The summed E-state index contributed by atoms with van der Waals surface area (Å²) in [7, 11) is 0. The molecule has 1 aliphatic heterocycles. The zero-order chi connectivity index (χ0) is 25.4. The molecule has 1 aliphatic carbocycles. The van der Waals surface area contributed by atoms with Crippen LogP contribution in [0.4, 0.5) is 5.82 Å². The number of nitrogens with one attached hydrogen (secondary N) is 2. The highest BCUT2D eigenvalue weighted by Gasteiger charge is 2.33. The molecule has 190 valence electrons. The highest BCUT2D eigenvalue weighted by molar-refractivity contribution is 7.17. The van der Waals surface area contributed by atoms with E-state index in [2.05, 4.69) is 27.5 Å². The van der Waals surface area contributed by atoms with E-state index in [1.165, 1.54) is 30.6 Å². The SMILES string of the molecule is Cc1cc(NCC2(C)CCC2)ncc1-c1sc(C(=O)NCC(C)(C)O)nc1C(=O)N1CCC[C@@H]1C. The Balaban J connectivity index is 1.63. The number of nitrogens with zero attached hydrogens (tertiary/aromatic N) is 3. The van der Waals surface area contributed by atoms with Crippen LogP contribution in [0, 0.1) is 12.3 Å². The van der Waals surface area contributed by atoms with E-state index in [0.717, 1.165) is 36.3 Å². The number of likely N-dealkylation sites (tertiary alicyclic amines) is 1. The van der Waals surface area contributed by atoms with Crippen LogP contribution in [0.2, 0.25) is 0 Å². The number of rotatable bonds is 8. The van der Waals surface area contributed by atoms with E-state index in [9.17, 15) is 14.7 Å². The second-order valence-corrected chi connectivity index (χ2v) is 12.1. The molecule has 2 aromatic rings. The molecular formula is C26H37N5O3S. The highest BCUT2D eigenvalue weighted by Crippen LogP contribution is 2.40. The first-order valence-electron chi connectivity index (χ1n) is 12.5. The smallest absolute Gasteiger partial charge is 0.280 e. The number of aliphatic hydroxyl groups is 1. The van der Waals surface area contributed by atoms with Crippen molar-refractivity contribution in [3.05, 3.63) is 28.5 Å². The molecule has 2 aromatic heterocycles. The third kappa shape index (κ3) is 5.83. The van der Waals surface area contributed by atoms with Crippen LogP contribution in [-0.4, -0.2) is 63.1 Å². The maximum absolute atomic E-state index is 13.5. The van der Waals surface area contributed by atoms with Crippen LogP contribution in [0.25, 0.3) is 10.4 Å². The van der Waals surface area contributed by atoms with Gasteiger partial charge in [0.2, 0.25) is 0 Å². The second kappa shape index (κ2) is 9.85. The number of carbonyl (C=O) groups excluding carboxylic acids is 2. The minimum atomic E-state index is -1.04. The van der Waals surface area contributed by atoms with Crippen LogP contribution < -0.4 is 10.6 Å². The first kappa shape index (κ1) is 25.6. The molecule has 2 fully saturated rings. The van der Waals surface area contributed by atoms with Gasteiger partial charge in [0.05, 0.1) is 10.5 Å². The van der Waals surface area contributed by atoms with Crippen molar-refractivity contribution in [3.63, 3.8) is 0 Å². The molecular weight excluding hydrogens is 462 g/mol. The van der Waals surface area contributed by atoms with Gasteiger partial charge in [0.15, 0.2) is 5.01 Å². The summed E-state index contributed by atoms with van der Waals surface area (Å²) in [5.74, 6) is 0.264. The third-order valence-electron chi connectivity index (χ3n) is 7.13. The Hall–Kier alpha value is -2.52. The summed E-state index contributed by atoms with van der Waals surface area (Å²) in [4.78, 5) is 38.0. The van der Waals surface area contributed by atoms with Gasteiger partial charge in [-0.15, -0.1) is 11.3 Å². The Morgan fingerprint density at radius 2 is 2.06 bits per heavy atom. The third-order valence-corrected chi connectivity index (χ3v) is 8.22. The fraction of sp³-hybridized carbons (Fsp3) is 0.615. The fourth-order valence-electron chi connectivity index (χ4n) is 4.64. The van der Waals surface area contributed by atoms with Gasteiger partial charge in [-0.3, -0.25) is 9.59 Å². The maximum Gasteiger partial charge on any atom is 0.280 e.